The molecule has 9 N–H and O–H groups in total. The van der Waals surface area contributed by atoms with E-state index in [4.69, 9.17) is 26.0 Å². The third-order valence-corrected chi connectivity index (χ3v) is 7.92. The van der Waals surface area contributed by atoms with Gasteiger partial charge >= 0.3 is 29.2 Å². The third-order valence-electron chi connectivity index (χ3n) is 4.12. The molecule has 1 fully saturated rings. The van der Waals surface area contributed by atoms with Crippen molar-refractivity contribution in [2.75, 3.05) is 12.3 Å². The minimum atomic E-state index is -5.74. The molecule has 6 atom stereocenters. The van der Waals surface area contributed by atoms with E-state index in [9.17, 15) is 33.4 Å². The molecule has 0 amide bonds. The molecule has 1 aliphatic heterocycles. The van der Waals surface area contributed by atoms with Crippen molar-refractivity contribution in [2.45, 2.75) is 37.8 Å². The highest BCUT2D eigenvalue weighted by atomic mass is 31.3. The van der Waals surface area contributed by atoms with E-state index in [-0.39, 0.29) is 11.5 Å². The molecule has 0 saturated carbocycles. The quantitative estimate of drug-likeness (QED) is 0.147. The summed E-state index contributed by atoms with van der Waals surface area (Å²) in [5.41, 5.74) is 9.09. The van der Waals surface area contributed by atoms with Crippen LogP contribution in [-0.2, 0) is 31.6 Å². The highest BCUT2D eigenvalue weighted by Gasteiger charge is 2.55. The molecule has 2 rings (SSSR count). The van der Waals surface area contributed by atoms with Gasteiger partial charge in [0.1, 0.15) is 18.0 Å². The van der Waals surface area contributed by atoms with Gasteiger partial charge in [-0.3, -0.25) is 9.09 Å². The Labute approximate surface area is 185 Å². The number of aliphatic hydroxyl groups excluding tert-OH is 1. The highest BCUT2D eigenvalue weighted by Crippen LogP contribution is 2.66. The maximum absolute atomic E-state index is 12.4. The van der Waals surface area contributed by atoms with Gasteiger partial charge in [-0.2, -0.15) is 13.6 Å². The van der Waals surface area contributed by atoms with Crippen molar-refractivity contribution >= 4 is 29.3 Å². The van der Waals surface area contributed by atoms with E-state index < -0.39 is 59.7 Å². The van der Waals surface area contributed by atoms with Crippen molar-refractivity contribution in [3.05, 3.63) is 22.2 Å². The third kappa shape index (κ3) is 6.78. The van der Waals surface area contributed by atoms with Crippen molar-refractivity contribution in [3.8, 4) is 11.8 Å². The zero-order valence-electron chi connectivity index (χ0n) is 16.9. The number of aromatic nitrogens is 2. The van der Waals surface area contributed by atoms with E-state index in [0.717, 1.165) is 4.57 Å². The molecule has 0 aromatic carbocycles. The number of ether oxygens (including phenoxy) is 1. The van der Waals surface area contributed by atoms with Crippen molar-refractivity contribution < 1.29 is 56.3 Å². The number of anilines is 1. The highest BCUT2D eigenvalue weighted by molar-refractivity contribution is 7.66. The molecule has 186 valence electrons. The summed E-state index contributed by atoms with van der Waals surface area (Å²) in [6.07, 6.45) is -4.77. The van der Waals surface area contributed by atoms with Crippen LogP contribution >= 0.6 is 23.5 Å². The molecule has 2 heterocycles. The number of phosphoric acid groups is 3. The molecule has 17 nitrogen and oxygen atoms in total. The van der Waals surface area contributed by atoms with E-state index in [1.807, 2.05) is 0 Å². The number of nitrogen functional groups attached to an aromatic ring is 1. The van der Waals surface area contributed by atoms with Crippen molar-refractivity contribution in [1.82, 2.24) is 9.55 Å². The van der Waals surface area contributed by atoms with Crippen LogP contribution in [0.1, 0.15) is 18.8 Å². The predicted octanol–water partition coefficient (Wildman–Crippen LogP) is -1.54. The van der Waals surface area contributed by atoms with Crippen LogP contribution in [0.3, 0.4) is 0 Å². The first-order valence-corrected chi connectivity index (χ1v) is 13.1. The molecular weight excluding hydrogens is 513 g/mol. The maximum atomic E-state index is 12.4. The second-order valence-electron chi connectivity index (χ2n) is 6.64. The molecule has 0 spiro atoms. The number of nitrogens with zero attached hydrogens (tertiary/aromatic N) is 2. The largest absolute Gasteiger partial charge is 0.490 e. The van der Waals surface area contributed by atoms with Gasteiger partial charge in [-0.25, -0.2) is 18.5 Å². The Morgan fingerprint density at radius 1 is 1.24 bits per heavy atom. The van der Waals surface area contributed by atoms with Gasteiger partial charge in [-0.15, -0.1) is 5.92 Å². The van der Waals surface area contributed by atoms with Crippen molar-refractivity contribution in [2.24, 2.45) is 5.73 Å². The SMILES string of the molecule is CC#CC1(N)[C@@H](O)[C@@H](COP(=O)(O)OP(=O)(O)OP(=O)(O)O)O[C@H]1n1c(C)cc(N)nc1=O. The molecule has 0 bridgehead atoms. The Hall–Kier alpha value is -1.47. The maximum Gasteiger partial charge on any atom is 0.490 e. The van der Waals surface area contributed by atoms with Crippen LogP contribution in [0.25, 0.3) is 0 Å². The van der Waals surface area contributed by atoms with Crippen LogP contribution in [0.2, 0.25) is 0 Å². The molecule has 0 aliphatic carbocycles. The fourth-order valence-electron chi connectivity index (χ4n) is 2.95. The molecule has 1 aromatic rings. The van der Waals surface area contributed by atoms with Crippen molar-refractivity contribution in [3.63, 3.8) is 0 Å². The first kappa shape index (κ1) is 27.8. The fraction of sp³-hybridized carbons (Fsp3) is 0.538. The van der Waals surface area contributed by atoms with Gasteiger partial charge in [-0.05, 0) is 19.9 Å². The summed E-state index contributed by atoms with van der Waals surface area (Å²) in [4.78, 5) is 51.8. The minimum absolute atomic E-state index is 0.0966. The van der Waals surface area contributed by atoms with Gasteiger partial charge in [0.25, 0.3) is 0 Å². The van der Waals surface area contributed by atoms with Crippen LogP contribution in [0, 0.1) is 18.8 Å². The van der Waals surface area contributed by atoms with Gasteiger partial charge < -0.3 is 40.9 Å². The summed E-state index contributed by atoms with van der Waals surface area (Å²) >= 11 is 0. The average molecular weight is 534 g/mol. The summed E-state index contributed by atoms with van der Waals surface area (Å²) in [6.45, 7) is 1.84. The second-order valence-corrected chi connectivity index (χ2v) is 11.1. The van der Waals surface area contributed by atoms with Crippen LogP contribution in [0.15, 0.2) is 10.9 Å². The van der Waals surface area contributed by atoms with E-state index in [2.05, 4.69) is 30.0 Å². The second kappa shape index (κ2) is 9.65. The molecule has 33 heavy (non-hydrogen) atoms. The Morgan fingerprint density at radius 3 is 2.36 bits per heavy atom. The smallest absolute Gasteiger partial charge is 0.387 e. The van der Waals surface area contributed by atoms with E-state index >= 15 is 0 Å². The topological polar surface area (TPSA) is 276 Å². The Morgan fingerprint density at radius 2 is 1.85 bits per heavy atom. The number of hydrogen-bond acceptors (Lipinski definition) is 12. The lowest BCUT2D eigenvalue weighted by Crippen LogP contribution is -2.55. The predicted molar refractivity (Wildman–Crippen MR) is 108 cm³/mol. The lowest BCUT2D eigenvalue weighted by Gasteiger charge is -2.29. The summed E-state index contributed by atoms with van der Waals surface area (Å²) in [6, 6.07) is 1.32. The van der Waals surface area contributed by atoms with Gasteiger partial charge in [0.2, 0.25) is 0 Å². The summed E-state index contributed by atoms with van der Waals surface area (Å²) in [5, 5.41) is 10.7. The molecule has 20 heteroatoms. The van der Waals surface area contributed by atoms with E-state index in [0.29, 0.717) is 0 Å². The number of rotatable bonds is 8. The van der Waals surface area contributed by atoms with Gasteiger partial charge in [0, 0.05) is 5.69 Å². The molecule has 1 aliphatic rings. The molecule has 1 saturated heterocycles. The van der Waals surface area contributed by atoms with Crippen LogP contribution in [0.5, 0.6) is 0 Å². The summed E-state index contributed by atoms with van der Waals surface area (Å²) in [5.74, 6) is 4.88. The molecule has 3 unspecified atom stereocenters. The number of aryl methyl sites for hydroxylation is 1. The zero-order chi connectivity index (χ0) is 25.4. The molecular formula is C13H21N4O13P3. The number of nitrogens with two attached hydrogens (primary N) is 2. The lowest BCUT2D eigenvalue weighted by molar-refractivity contribution is -0.0474. The zero-order valence-corrected chi connectivity index (χ0v) is 19.6. The first-order valence-electron chi connectivity index (χ1n) is 8.61. The normalized spacial score (nSPS) is 29.0. The number of phosphoric ester groups is 1. The number of aliphatic hydroxyl groups is 1. The van der Waals surface area contributed by atoms with E-state index in [1.165, 1.54) is 19.9 Å². The molecule has 0 radical (unpaired) electrons. The van der Waals surface area contributed by atoms with Gasteiger partial charge in [0.05, 0.1) is 6.61 Å². The van der Waals surface area contributed by atoms with Gasteiger partial charge in [-0.1, -0.05) is 5.92 Å². The average Bonchev–Trinajstić information content (AvgIpc) is 2.81. The lowest BCUT2D eigenvalue weighted by atomic mass is 9.91. The minimum Gasteiger partial charge on any atom is -0.387 e. The van der Waals surface area contributed by atoms with Crippen LogP contribution in [-0.4, -0.2) is 58.6 Å². The molecule has 1 aromatic heterocycles. The Kier molecular flexibility index (Phi) is 8.12. The van der Waals surface area contributed by atoms with Crippen molar-refractivity contribution in [1.29, 1.82) is 0 Å². The Balaban J connectivity index is 2.28. The van der Waals surface area contributed by atoms with E-state index in [1.54, 1.807) is 0 Å². The Bertz CT molecular complexity index is 1170. The summed E-state index contributed by atoms with van der Waals surface area (Å²) in [7, 11) is -16.8. The van der Waals surface area contributed by atoms with Crippen LogP contribution in [0.4, 0.5) is 5.82 Å². The number of hydrogen-bond donors (Lipinski definition) is 7. The fourth-order valence-corrected chi connectivity index (χ4v) is 5.98. The standard InChI is InChI=1S/C13H21N4O13P3/c1-3-4-13(15)10(18)8(28-11(13)17-7(2)5-9(14)16-12(17)19)6-27-32(23,24)30-33(25,26)29-31(20,21)22/h5,8,10-11,18H,6,15H2,1-2H3,(H,23,24)(H,25,26)(H2,14,16,19)(H2,20,21,22)/t8-,10+,11-,13?/m1/s1. The van der Waals surface area contributed by atoms with Gasteiger partial charge in [0.15, 0.2) is 11.8 Å². The summed E-state index contributed by atoms with van der Waals surface area (Å²) < 4.78 is 52.2. The van der Waals surface area contributed by atoms with Crippen LogP contribution < -0.4 is 17.2 Å². The monoisotopic (exact) mass is 534 g/mol. The first-order chi connectivity index (χ1) is 14.9.